The molecule has 6 heteroatoms. The van der Waals surface area contributed by atoms with E-state index in [1.54, 1.807) is 11.3 Å². The van der Waals surface area contributed by atoms with Crippen LogP contribution in [0.4, 0.5) is 5.13 Å². The smallest absolute Gasteiger partial charge is 0.183 e. The third-order valence-corrected chi connectivity index (χ3v) is 11.9. The molecule has 0 amide bonds. The lowest BCUT2D eigenvalue weighted by atomic mass is 9.46. The van der Waals surface area contributed by atoms with Gasteiger partial charge in [-0.3, -0.25) is 0 Å². The Labute approximate surface area is 208 Å². The first kappa shape index (κ1) is 24.7. The summed E-state index contributed by atoms with van der Waals surface area (Å²) in [5.74, 6) is 1.96. The molecule has 0 radical (unpaired) electrons. The van der Waals surface area contributed by atoms with Crippen molar-refractivity contribution >= 4 is 16.5 Å². The van der Waals surface area contributed by atoms with Crippen LogP contribution in [0.5, 0.6) is 0 Å². The molecule has 0 unspecified atom stereocenters. The average molecular weight is 489 g/mol. The Balaban J connectivity index is 0.00000241. The summed E-state index contributed by atoms with van der Waals surface area (Å²) in [6, 6.07) is 0.550. The van der Waals surface area contributed by atoms with Crippen LogP contribution in [-0.2, 0) is 5.60 Å². The molecule has 5 nitrogen and oxygen atoms in total. The lowest BCUT2D eigenvalue weighted by molar-refractivity contribution is -0.134. The number of thiazole rings is 1. The molecule has 6 rings (SSSR count). The molecule has 5 N–H and O–H groups in total. The van der Waals surface area contributed by atoms with Crippen molar-refractivity contribution in [2.75, 3.05) is 5.32 Å². The maximum Gasteiger partial charge on any atom is 0.183 e. The zero-order valence-electron chi connectivity index (χ0n) is 21.0. The number of nitrogens with zero attached hydrogens (tertiary/aromatic N) is 1. The summed E-state index contributed by atoms with van der Waals surface area (Å²) in [6.45, 7) is 4.86. The molecule has 0 bridgehead atoms. The van der Waals surface area contributed by atoms with Crippen molar-refractivity contribution < 1.29 is 15.7 Å². The standard InChI is InChI=1S/C28H42N2O2S.H2O/c1-26-13-10-20(31)16-18(26)8-9-21-22(26)11-14-27(2)23(21)12-15-28(27,32)24-17-33-25(30-24)29-19-6-4-3-5-7-19;/h16-17,19-23,31-32H,3-15H2,1-2H3,(H,29,30);1H2/t20-,21+,22-,23-,26-,27-,28-;/m0./s1. The number of aromatic nitrogens is 1. The lowest BCUT2D eigenvalue weighted by Crippen LogP contribution is -2.54. The number of rotatable bonds is 3. The third-order valence-electron chi connectivity index (χ3n) is 11.1. The van der Waals surface area contributed by atoms with Crippen LogP contribution in [0.3, 0.4) is 0 Å². The molecule has 0 saturated heterocycles. The van der Waals surface area contributed by atoms with Gasteiger partial charge in [-0.15, -0.1) is 11.3 Å². The molecule has 0 aliphatic heterocycles. The van der Waals surface area contributed by atoms with Crippen molar-refractivity contribution in [1.82, 2.24) is 4.98 Å². The van der Waals surface area contributed by atoms with E-state index in [1.165, 1.54) is 50.5 Å². The maximum atomic E-state index is 12.2. The van der Waals surface area contributed by atoms with Gasteiger partial charge in [0.05, 0.1) is 11.8 Å². The highest BCUT2D eigenvalue weighted by molar-refractivity contribution is 7.13. The van der Waals surface area contributed by atoms with Crippen molar-refractivity contribution in [3.63, 3.8) is 0 Å². The first-order chi connectivity index (χ1) is 15.8. The second-order valence-corrected chi connectivity index (χ2v) is 13.4. The first-order valence-corrected chi connectivity index (χ1v) is 14.6. The van der Waals surface area contributed by atoms with Crippen LogP contribution in [0.1, 0.15) is 103 Å². The number of allylic oxidation sites excluding steroid dienone is 1. The number of hydrogen-bond donors (Lipinski definition) is 3. The van der Waals surface area contributed by atoms with Crippen LogP contribution in [0.2, 0.25) is 0 Å². The van der Waals surface area contributed by atoms with Gasteiger partial charge in [-0.1, -0.05) is 44.8 Å². The zero-order chi connectivity index (χ0) is 22.8. The van der Waals surface area contributed by atoms with E-state index in [0.29, 0.717) is 23.8 Å². The van der Waals surface area contributed by atoms with Gasteiger partial charge in [0.1, 0.15) is 5.60 Å². The molecular weight excluding hydrogens is 444 g/mol. The quantitative estimate of drug-likeness (QED) is 0.484. The minimum atomic E-state index is -0.800. The molecule has 0 aromatic carbocycles. The molecule has 0 spiro atoms. The summed E-state index contributed by atoms with van der Waals surface area (Å²) < 4.78 is 0. The zero-order valence-corrected chi connectivity index (χ0v) is 21.8. The molecule has 190 valence electrons. The largest absolute Gasteiger partial charge is 0.412 e. The van der Waals surface area contributed by atoms with Gasteiger partial charge in [-0.2, -0.15) is 0 Å². The van der Waals surface area contributed by atoms with Crippen molar-refractivity contribution in [1.29, 1.82) is 0 Å². The Morgan fingerprint density at radius 1 is 0.971 bits per heavy atom. The molecule has 5 aliphatic carbocycles. The predicted molar refractivity (Wildman–Crippen MR) is 138 cm³/mol. The van der Waals surface area contributed by atoms with E-state index in [-0.39, 0.29) is 22.4 Å². The van der Waals surface area contributed by atoms with E-state index in [1.807, 2.05) is 0 Å². The number of aliphatic hydroxyl groups excluding tert-OH is 1. The Bertz CT molecular complexity index is 927. The highest BCUT2D eigenvalue weighted by atomic mass is 32.1. The molecule has 1 aromatic heterocycles. The normalized spacial score (nSPS) is 44.3. The molecule has 5 aliphatic rings. The fraction of sp³-hybridized carbons (Fsp3) is 0.821. The number of fused-ring (bicyclic) bond motifs is 5. The van der Waals surface area contributed by atoms with E-state index < -0.39 is 5.60 Å². The van der Waals surface area contributed by atoms with E-state index in [2.05, 4.69) is 30.6 Å². The summed E-state index contributed by atoms with van der Waals surface area (Å²) in [7, 11) is 0. The SMILES string of the molecule is C[C@]12CC[C@H](O)C=C1CC[C@@H]1[C@@H]2CC[C@@]2(C)[C@H]1CC[C@]2(O)c1csc(NC2CCCCC2)n1.O. The molecule has 1 heterocycles. The van der Waals surface area contributed by atoms with E-state index in [4.69, 9.17) is 4.98 Å². The van der Waals surface area contributed by atoms with Crippen LogP contribution in [0, 0.1) is 28.6 Å². The van der Waals surface area contributed by atoms with Crippen LogP contribution < -0.4 is 5.32 Å². The lowest BCUT2D eigenvalue weighted by Gasteiger charge is -2.59. The van der Waals surface area contributed by atoms with E-state index in [0.717, 1.165) is 49.4 Å². The van der Waals surface area contributed by atoms with Crippen molar-refractivity contribution in [2.45, 2.75) is 115 Å². The molecule has 1 aromatic rings. The predicted octanol–water partition coefficient (Wildman–Crippen LogP) is 5.57. The molecule has 7 atom stereocenters. The van der Waals surface area contributed by atoms with Gasteiger partial charge in [0.15, 0.2) is 5.13 Å². The Kier molecular flexibility index (Phi) is 6.45. The number of hydrogen-bond acceptors (Lipinski definition) is 5. The van der Waals surface area contributed by atoms with E-state index >= 15 is 0 Å². The third kappa shape index (κ3) is 3.62. The second-order valence-electron chi connectivity index (χ2n) is 12.5. The molecule has 4 fully saturated rings. The van der Waals surface area contributed by atoms with Crippen molar-refractivity contribution in [3.05, 3.63) is 22.7 Å². The van der Waals surface area contributed by atoms with Crippen LogP contribution in [-0.4, -0.2) is 32.8 Å². The fourth-order valence-corrected chi connectivity index (χ4v) is 9.95. The van der Waals surface area contributed by atoms with Gasteiger partial charge in [0.25, 0.3) is 0 Å². The highest BCUT2D eigenvalue weighted by Gasteiger charge is 2.65. The first-order valence-electron chi connectivity index (χ1n) is 13.7. The fourth-order valence-electron chi connectivity index (χ4n) is 9.10. The van der Waals surface area contributed by atoms with Gasteiger partial charge in [0, 0.05) is 16.8 Å². The van der Waals surface area contributed by atoms with Crippen LogP contribution in [0.25, 0.3) is 0 Å². The summed E-state index contributed by atoms with van der Waals surface area (Å²) in [5.41, 5.74) is 1.82. The molecule has 4 saturated carbocycles. The summed E-state index contributed by atoms with van der Waals surface area (Å²) >= 11 is 1.69. The summed E-state index contributed by atoms with van der Waals surface area (Å²) in [6.07, 6.45) is 17.1. The number of anilines is 1. The molecular formula is C28H44N2O3S. The molecule has 34 heavy (non-hydrogen) atoms. The maximum absolute atomic E-state index is 12.2. The van der Waals surface area contributed by atoms with Gasteiger partial charge in [-0.05, 0) is 87.4 Å². The Morgan fingerprint density at radius 3 is 2.53 bits per heavy atom. The monoisotopic (exact) mass is 488 g/mol. The van der Waals surface area contributed by atoms with Crippen molar-refractivity contribution in [2.24, 2.45) is 28.6 Å². The summed E-state index contributed by atoms with van der Waals surface area (Å²) in [4.78, 5) is 5.01. The Hall–Kier alpha value is -0.950. The van der Waals surface area contributed by atoms with E-state index in [9.17, 15) is 10.2 Å². The van der Waals surface area contributed by atoms with Gasteiger partial charge in [-0.25, -0.2) is 4.98 Å². The van der Waals surface area contributed by atoms with Crippen LogP contribution >= 0.6 is 11.3 Å². The highest BCUT2D eigenvalue weighted by Crippen LogP contribution is 2.69. The topological polar surface area (TPSA) is 96.9 Å². The minimum Gasteiger partial charge on any atom is -0.412 e. The number of nitrogens with one attached hydrogen (secondary N) is 1. The Morgan fingerprint density at radius 2 is 1.74 bits per heavy atom. The summed E-state index contributed by atoms with van der Waals surface area (Å²) in [5, 5.41) is 29.3. The van der Waals surface area contributed by atoms with Gasteiger partial charge >= 0.3 is 0 Å². The second kappa shape index (κ2) is 8.86. The average Bonchev–Trinajstić information content (AvgIpc) is 3.38. The number of aliphatic hydroxyl groups is 2. The minimum absolute atomic E-state index is 0. The van der Waals surface area contributed by atoms with Gasteiger partial charge in [0.2, 0.25) is 0 Å². The van der Waals surface area contributed by atoms with Crippen molar-refractivity contribution in [3.8, 4) is 0 Å². The van der Waals surface area contributed by atoms with Gasteiger partial charge < -0.3 is 21.0 Å². The van der Waals surface area contributed by atoms with Crippen LogP contribution in [0.15, 0.2) is 17.0 Å².